The Hall–Kier alpha value is -2.93. The van der Waals surface area contributed by atoms with Gasteiger partial charge in [-0.05, 0) is 90.5 Å². The molecule has 5 rings (SSSR count). The molecule has 0 amide bonds. The van der Waals surface area contributed by atoms with Crippen LogP contribution in [0.25, 0.3) is 11.1 Å². The zero-order valence-electron chi connectivity index (χ0n) is 23.6. The van der Waals surface area contributed by atoms with Crippen molar-refractivity contribution in [2.75, 3.05) is 13.6 Å². The van der Waals surface area contributed by atoms with Crippen LogP contribution < -0.4 is 5.73 Å². The molecular formula is C35H35BrCl2N4. The first-order valence-electron chi connectivity index (χ1n) is 14.2. The van der Waals surface area contributed by atoms with Gasteiger partial charge in [0.05, 0.1) is 12.4 Å². The molecule has 0 saturated heterocycles. The van der Waals surface area contributed by atoms with E-state index in [9.17, 15) is 0 Å². The van der Waals surface area contributed by atoms with Gasteiger partial charge < -0.3 is 5.73 Å². The number of benzene rings is 4. The molecule has 7 heteroatoms. The summed E-state index contributed by atoms with van der Waals surface area (Å²) in [5.74, 6) is 0.463. The predicted octanol–water partition coefficient (Wildman–Crippen LogP) is 9.50. The van der Waals surface area contributed by atoms with Crippen LogP contribution in [0.5, 0.6) is 0 Å². The lowest BCUT2D eigenvalue weighted by molar-refractivity contribution is 0.224. The van der Waals surface area contributed by atoms with Crippen LogP contribution in [0.2, 0.25) is 10.0 Å². The van der Waals surface area contributed by atoms with Gasteiger partial charge in [-0.15, -0.1) is 0 Å². The molecule has 0 bridgehead atoms. The van der Waals surface area contributed by atoms with Gasteiger partial charge in [0, 0.05) is 44.7 Å². The number of nitrogens with zero attached hydrogens (tertiary/aromatic N) is 2. The first-order valence-corrected chi connectivity index (χ1v) is 15.7. The predicted molar refractivity (Wildman–Crippen MR) is 179 cm³/mol. The second-order valence-electron chi connectivity index (χ2n) is 10.8. The van der Waals surface area contributed by atoms with Crippen molar-refractivity contribution in [1.82, 2.24) is 15.1 Å². The molecule has 216 valence electrons. The molecule has 3 atom stereocenters. The first kappa shape index (κ1) is 30.5. The summed E-state index contributed by atoms with van der Waals surface area (Å²) in [4.78, 5) is 2.28. The minimum atomic E-state index is -0.0652. The van der Waals surface area contributed by atoms with E-state index < -0.39 is 0 Å². The Morgan fingerprint density at radius 3 is 1.67 bits per heavy atom. The van der Waals surface area contributed by atoms with Crippen molar-refractivity contribution in [1.29, 1.82) is 0 Å². The summed E-state index contributed by atoms with van der Waals surface area (Å²) >= 11 is 16.0. The van der Waals surface area contributed by atoms with Crippen molar-refractivity contribution >= 4 is 39.1 Å². The Labute approximate surface area is 267 Å². The summed E-state index contributed by atoms with van der Waals surface area (Å²) in [6, 6.07) is 33.7. The van der Waals surface area contributed by atoms with Gasteiger partial charge in [0.1, 0.15) is 0 Å². The number of nitrogens with one attached hydrogen (secondary N) is 1. The highest BCUT2D eigenvalue weighted by Crippen LogP contribution is 2.33. The average molecular weight is 663 g/mol. The van der Waals surface area contributed by atoms with Crippen LogP contribution in [0.4, 0.5) is 0 Å². The fraction of sp³-hybridized carbons (Fsp3) is 0.229. The van der Waals surface area contributed by atoms with Crippen LogP contribution in [0.15, 0.2) is 114 Å². The highest BCUT2D eigenvalue weighted by Gasteiger charge is 2.20. The zero-order valence-corrected chi connectivity index (χ0v) is 26.7. The molecule has 4 nitrogen and oxygen atoms in total. The number of hydrogen-bond donors (Lipinski definition) is 2. The topological polar surface area (TPSA) is 57.9 Å². The molecule has 3 N–H and O–H groups in total. The molecule has 1 heterocycles. The van der Waals surface area contributed by atoms with Crippen LogP contribution in [0, 0.1) is 0 Å². The van der Waals surface area contributed by atoms with Gasteiger partial charge in [-0.3, -0.25) is 10.00 Å². The molecule has 0 spiro atoms. The summed E-state index contributed by atoms with van der Waals surface area (Å²) in [7, 11) is 2.13. The van der Waals surface area contributed by atoms with Gasteiger partial charge in [-0.25, -0.2) is 0 Å². The van der Waals surface area contributed by atoms with Crippen LogP contribution in [0.1, 0.15) is 53.4 Å². The van der Waals surface area contributed by atoms with Crippen molar-refractivity contribution in [3.8, 4) is 11.1 Å². The van der Waals surface area contributed by atoms with Crippen LogP contribution in [0.3, 0.4) is 0 Å². The zero-order chi connectivity index (χ0) is 29.5. The molecule has 0 radical (unpaired) electrons. The van der Waals surface area contributed by atoms with E-state index in [0.29, 0.717) is 0 Å². The number of halogens is 3. The van der Waals surface area contributed by atoms with E-state index >= 15 is 0 Å². The second kappa shape index (κ2) is 14.5. The summed E-state index contributed by atoms with van der Waals surface area (Å²) in [5.41, 5.74) is 14.1. The monoisotopic (exact) mass is 660 g/mol. The first-order chi connectivity index (χ1) is 20.4. The molecular weight excluding hydrogens is 627 g/mol. The molecule has 0 aliphatic carbocycles. The van der Waals surface area contributed by atoms with E-state index in [4.69, 9.17) is 28.9 Å². The maximum absolute atomic E-state index is 6.80. The molecule has 42 heavy (non-hydrogen) atoms. The molecule has 1 aromatic heterocycles. The fourth-order valence-corrected chi connectivity index (χ4v) is 6.03. The smallest absolute Gasteiger partial charge is 0.0569 e. The molecule has 5 aromatic rings. The number of nitrogens with two attached hydrogens (primary N) is 1. The molecule has 0 aliphatic rings. The van der Waals surface area contributed by atoms with Gasteiger partial charge in [-0.2, -0.15) is 5.10 Å². The normalized spacial score (nSPS) is 13.7. The minimum Gasteiger partial charge on any atom is -0.316 e. The van der Waals surface area contributed by atoms with Crippen LogP contribution >= 0.6 is 39.1 Å². The minimum absolute atomic E-state index is 0.0652. The Morgan fingerprint density at radius 2 is 1.17 bits per heavy atom. The number of H-pyrrole nitrogens is 1. The van der Waals surface area contributed by atoms with Crippen molar-refractivity contribution < 1.29 is 0 Å². The molecule has 0 fully saturated rings. The molecule has 4 aromatic carbocycles. The van der Waals surface area contributed by atoms with Gasteiger partial charge >= 0.3 is 0 Å². The van der Waals surface area contributed by atoms with E-state index in [1.807, 2.05) is 36.7 Å². The van der Waals surface area contributed by atoms with Gasteiger partial charge in [0.25, 0.3) is 0 Å². The van der Waals surface area contributed by atoms with Crippen molar-refractivity contribution in [3.05, 3.63) is 146 Å². The average Bonchev–Trinajstić information content (AvgIpc) is 3.55. The van der Waals surface area contributed by atoms with E-state index in [2.05, 4.69) is 111 Å². The third-order valence-corrected chi connectivity index (χ3v) is 9.08. The summed E-state index contributed by atoms with van der Waals surface area (Å²) < 4.78 is 1.07. The highest BCUT2D eigenvalue weighted by molar-refractivity contribution is 9.10. The van der Waals surface area contributed by atoms with Crippen molar-refractivity contribution in [3.63, 3.8) is 0 Å². The molecule has 0 aliphatic heterocycles. The lowest BCUT2D eigenvalue weighted by atomic mass is 9.86. The number of rotatable bonds is 12. The van der Waals surface area contributed by atoms with Gasteiger partial charge in [-0.1, -0.05) is 99.8 Å². The quantitative estimate of drug-likeness (QED) is 0.131. The summed E-state index contributed by atoms with van der Waals surface area (Å²) in [6.07, 6.45) is 6.43. The van der Waals surface area contributed by atoms with E-state index in [-0.39, 0.29) is 18.0 Å². The second-order valence-corrected chi connectivity index (χ2v) is 12.6. The lowest BCUT2D eigenvalue weighted by Gasteiger charge is -2.29. The largest absolute Gasteiger partial charge is 0.316 e. The van der Waals surface area contributed by atoms with E-state index in [0.717, 1.165) is 51.5 Å². The van der Waals surface area contributed by atoms with Gasteiger partial charge in [0.15, 0.2) is 0 Å². The van der Waals surface area contributed by atoms with Crippen molar-refractivity contribution in [2.45, 2.75) is 37.3 Å². The number of hydrogen-bond acceptors (Lipinski definition) is 3. The van der Waals surface area contributed by atoms with E-state index in [1.165, 1.54) is 22.3 Å². The summed E-state index contributed by atoms with van der Waals surface area (Å²) in [5, 5.41) is 8.47. The maximum atomic E-state index is 6.80. The SMILES string of the molecule is CN(CCC(c1ccc(Cl)cc1)c1ccc(-c2cn[nH]c2)cc1)C(N)CCC(c1ccc(Cl)cc1)c1ccc(Br)cc1. The number of aromatic amines is 1. The highest BCUT2D eigenvalue weighted by atomic mass is 79.9. The van der Waals surface area contributed by atoms with Crippen molar-refractivity contribution in [2.24, 2.45) is 5.73 Å². The third-order valence-electron chi connectivity index (χ3n) is 8.05. The van der Waals surface area contributed by atoms with Crippen LogP contribution in [-0.4, -0.2) is 34.9 Å². The third kappa shape index (κ3) is 7.91. The Bertz CT molecular complexity index is 1480. The molecule has 3 unspecified atom stereocenters. The Kier molecular flexibility index (Phi) is 10.5. The Morgan fingerprint density at radius 1 is 0.690 bits per heavy atom. The maximum Gasteiger partial charge on any atom is 0.0569 e. The van der Waals surface area contributed by atoms with Gasteiger partial charge in [0.2, 0.25) is 0 Å². The summed E-state index contributed by atoms with van der Waals surface area (Å²) in [6.45, 7) is 0.863. The fourth-order valence-electron chi connectivity index (χ4n) is 5.51. The lowest BCUT2D eigenvalue weighted by Crippen LogP contribution is -2.40. The standard InChI is InChI=1S/C35H35BrCl2N4/c1-42(35(39)19-18-33(26-6-12-30(36)13-7-26)27-8-14-31(37)15-9-27)21-20-34(28-10-16-32(38)17-11-28)25-4-2-24(3-5-25)29-22-40-41-23-29/h2-17,22-23,33-35H,18-21,39H2,1H3,(H,40,41). The van der Waals surface area contributed by atoms with E-state index in [1.54, 1.807) is 0 Å². The molecule has 0 saturated carbocycles. The number of aromatic nitrogens is 2. The van der Waals surface area contributed by atoms with Crippen LogP contribution in [-0.2, 0) is 0 Å². The Balaban J connectivity index is 1.27.